The summed E-state index contributed by atoms with van der Waals surface area (Å²) in [5, 5.41) is 3.80. The van der Waals surface area contributed by atoms with Crippen LogP contribution in [0.25, 0.3) is 0 Å². The molecule has 0 spiro atoms. The number of morpholine rings is 1. The van der Waals surface area contributed by atoms with E-state index in [9.17, 15) is 0 Å². The molecule has 2 fully saturated rings. The van der Waals surface area contributed by atoms with Crippen LogP contribution in [0.1, 0.15) is 44.6 Å². The van der Waals surface area contributed by atoms with Crippen molar-refractivity contribution < 1.29 is 4.74 Å². The zero-order valence-electron chi connectivity index (χ0n) is 17.3. The number of benzene rings is 1. The fourth-order valence-corrected chi connectivity index (χ4v) is 4.83. The minimum absolute atomic E-state index is 0.576. The Morgan fingerprint density at radius 3 is 2.75 bits per heavy atom. The van der Waals surface area contributed by atoms with Crippen molar-refractivity contribution in [1.29, 1.82) is 0 Å². The highest BCUT2D eigenvalue weighted by atomic mass is 16.5. The highest BCUT2D eigenvalue weighted by Gasteiger charge is 2.23. The highest BCUT2D eigenvalue weighted by molar-refractivity contribution is 5.59. The van der Waals surface area contributed by atoms with Gasteiger partial charge >= 0.3 is 0 Å². The SMILES string of the molecule is C[C@@H](CC1CCCC1)NCc1ccccc1N1CC=CC=C1N1CCOCC1. The lowest BCUT2D eigenvalue weighted by Crippen LogP contribution is -2.43. The molecule has 0 amide bonds. The molecular formula is C24H35N3O. The Balaban J connectivity index is 1.44. The maximum atomic E-state index is 5.56. The normalized spacial score (nSPS) is 21.8. The van der Waals surface area contributed by atoms with Crippen molar-refractivity contribution in [3.8, 4) is 0 Å². The number of hydrogen-bond acceptors (Lipinski definition) is 4. The number of hydrogen-bond donors (Lipinski definition) is 1. The molecule has 152 valence electrons. The molecule has 4 heteroatoms. The zero-order valence-corrected chi connectivity index (χ0v) is 17.3. The van der Waals surface area contributed by atoms with Crippen LogP contribution in [0.15, 0.2) is 48.3 Å². The van der Waals surface area contributed by atoms with Crippen molar-refractivity contribution in [1.82, 2.24) is 10.2 Å². The second-order valence-electron chi connectivity index (χ2n) is 8.46. The van der Waals surface area contributed by atoms with Gasteiger partial charge in [0.1, 0.15) is 5.82 Å². The molecule has 3 aliphatic rings. The summed E-state index contributed by atoms with van der Waals surface area (Å²) >= 11 is 0. The molecule has 1 saturated heterocycles. The maximum absolute atomic E-state index is 5.56. The molecule has 2 heterocycles. The number of rotatable bonds is 7. The molecule has 4 rings (SSSR count). The summed E-state index contributed by atoms with van der Waals surface area (Å²) in [5.41, 5.74) is 2.71. The van der Waals surface area contributed by atoms with Crippen molar-refractivity contribution >= 4 is 5.69 Å². The Morgan fingerprint density at radius 2 is 1.93 bits per heavy atom. The molecule has 0 bridgehead atoms. The largest absolute Gasteiger partial charge is 0.378 e. The smallest absolute Gasteiger partial charge is 0.109 e. The van der Waals surface area contributed by atoms with Gasteiger partial charge in [-0.25, -0.2) is 0 Å². The zero-order chi connectivity index (χ0) is 19.2. The van der Waals surface area contributed by atoms with Gasteiger partial charge in [0.05, 0.1) is 13.2 Å². The molecule has 1 aromatic rings. The van der Waals surface area contributed by atoms with Crippen LogP contribution in [-0.4, -0.2) is 43.8 Å². The van der Waals surface area contributed by atoms with Crippen LogP contribution < -0.4 is 10.2 Å². The van der Waals surface area contributed by atoms with E-state index in [2.05, 4.69) is 64.5 Å². The summed E-state index contributed by atoms with van der Waals surface area (Å²) < 4.78 is 5.56. The van der Waals surface area contributed by atoms with Gasteiger partial charge in [-0.3, -0.25) is 0 Å². The highest BCUT2D eigenvalue weighted by Crippen LogP contribution is 2.30. The van der Waals surface area contributed by atoms with Gasteiger partial charge in [-0.1, -0.05) is 56.0 Å². The second kappa shape index (κ2) is 9.62. The first-order chi connectivity index (χ1) is 13.8. The molecular weight excluding hydrogens is 346 g/mol. The predicted molar refractivity (Wildman–Crippen MR) is 116 cm³/mol. The standard InChI is InChI=1S/C24H35N3O/c1-20(18-21-8-2-3-9-21)25-19-22-10-4-5-11-23(22)27-13-7-6-12-24(27)26-14-16-28-17-15-26/h4-7,10-12,20-21,25H,2-3,8-9,13-19H2,1H3/t20-/m0/s1. The van der Waals surface area contributed by atoms with Crippen LogP contribution in [0.3, 0.4) is 0 Å². The molecule has 1 saturated carbocycles. The van der Waals surface area contributed by atoms with Gasteiger partial charge in [-0.05, 0) is 37.0 Å². The number of para-hydroxylation sites is 1. The van der Waals surface area contributed by atoms with Crippen LogP contribution >= 0.6 is 0 Å². The van der Waals surface area contributed by atoms with Crippen molar-refractivity contribution in [2.24, 2.45) is 5.92 Å². The summed E-state index contributed by atoms with van der Waals surface area (Å²) in [7, 11) is 0. The van der Waals surface area contributed by atoms with Crippen LogP contribution in [0, 0.1) is 5.92 Å². The first-order valence-corrected chi connectivity index (χ1v) is 11.1. The Kier molecular flexibility index (Phi) is 6.71. The summed E-state index contributed by atoms with van der Waals surface area (Å²) in [6.07, 6.45) is 13.7. The van der Waals surface area contributed by atoms with Crippen LogP contribution in [0.5, 0.6) is 0 Å². The van der Waals surface area contributed by atoms with Gasteiger partial charge in [-0.2, -0.15) is 0 Å². The molecule has 0 unspecified atom stereocenters. The van der Waals surface area contributed by atoms with Crippen molar-refractivity contribution in [3.05, 3.63) is 53.9 Å². The minimum Gasteiger partial charge on any atom is -0.378 e. The van der Waals surface area contributed by atoms with Gasteiger partial charge in [0.15, 0.2) is 0 Å². The number of anilines is 1. The summed E-state index contributed by atoms with van der Waals surface area (Å²) in [6.45, 7) is 7.78. The average Bonchev–Trinajstić information content (AvgIpc) is 3.26. The van der Waals surface area contributed by atoms with E-state index >= 15 is 0 Å². The van der Waals surface area contributed by atoms with Crippen LogP contribution in [0.2, 0.25) is 0 Å². The Hall–Kier alpha value is -1.78. The molecule has 1 atom stereocenters. The van der Waals surface area contributed by atoms with Crippen LogP contribution in [0.4, 0.5) is 5.69 Å². The lowest BCUT2D eigenvalue weighted by Gasteiger charge is -2.39. The topological polar surface area (TPSA) is 27.7 Å². The quantitative estimate of drug-likeness (QED) is 0.762. The van der Waals surface area contributed by atoms with Gasteiger partial charge in [0.25, 0.3) is 0 Å². The van der Waals surface area contributed by atoms with Gasteiger partial charge in [0, 0.05) is 37.9 Å². The molecule has 2 aliphatic heterocycles. The van der Waals surface area contributed by atoms with E-state index in [1.54, 1.807) is 0 Å². The van der Waals surface area contributed by atoms with E-state index in [1.165, 1.54) is 49.2 Å². The molecule has 1 aromatic carbocycles. The van der Waals surface area contributed by atoms with E-state index < -0.39 is 0 Å². The predicted octanol–water partition coefficient (Wildman–Crippen LogP) is 4.29. The van der Waals surface area contributed by atoms with Crippen LogP contribution in [-0.2, 0) is 11.3 Å². The third-order valence-electron chi connectivity index (χ3n) is 6.37. The Bertz CT molecular complexity index is 687. The number of nitrogens with zero attached hydrogens (tertiary/aromatic N) is 2. The maximum Gasteiger partial charge on any atom is 0.109 e. The van der Waals surface area contributed by atoms with E-state index in [0.717, 1.165) is 45.3 Å². The lowest BCUT2D eigenvalue weighted by atomic mass is 9.99. The minimum atomic E-state index is 0.576. The van der Waals surface area contributed by atoms with Crippen molar-refractivity contribution in [3.63, 3.8) is 0 Å². The monoisotopic (exact) mass is 381 g/mol. The number of allylic oxidation sites excluding steroid dienone is 2. The molecule has 0 aromatic heterocycles. The molecule has 4 nitrogen and oxygen atoms in total. The lowest BCUT2D eigenvalue weighted by molar-refractivity contribution is 0.0524. The number of nitrogens with one attached hydrogen (secondary N) is 1. The molecule has 1 N–H and O–H groups in total. The summed E-state index contributed by atoms with van der Waals surface area (Å²) in [4.78, 5) is 4.92. The fraction of sp³-hybridized carbons (Fsp3) is 0.583. The third kappa shape index (κ3) is 4.79. The van der Waals surface area contributed by atoms with E-state index in [4.69, 9.17) is 4.74 Å². The second-order valence-corrected chi connectivity index (χ2v) is 8.46. The Morgan fingerprint density at radius 1 is 1.14 bits per heavy atom. The summed E-state index contributed by atoms with van der Waals surface area (Å²) in [5.74, 6) is 2.23. The Labute approximate surface area is 170 Å². The van der Waals surface area contributed by atoms with Crippen molar-refractivity contribution in [2.75, 3.05) is 37.7 Å². The van der Waals surface area contributed by atoms with E-state index in [1.807, 2.05) is 0 Å². The first-order valence-electron chi connectivity index (χ1n) is 11.1. The molecule has 1 aliphatic carbocycles. The molecule has 28 heavy (non-hydrogen) atoms. The van der Waals surface area contributed by atoms with E-state index in [-0.39, 0.29) is 0 Å². The van der Waals surface area contributed by atoms with E-state index in [0.29, 0.717) is 6.04 Å². The van der Waals surface area contributed by atoms with Crippen molar-refractivity contribution in [2.45, 2.75) is 51.6 Å². The number of ether oxygens (including phenoxy) is 1. The first kappa shape index (κ1) is 19.5. The van der Waals surface area contributed by atoms with Gasteiger partial charge in [-0.15, -0.1) is 0 Å². The fourth-order valence-electron chi connectivity index (χ4n) is 4.83. The average molecular weight is 382 g/mol. The summed E-state index contributed by atoms with van der Waals surface area (Å²) in [6, 6.07) is 9.45. The van der Waals surface area contributed by atoms with Gasteiger partial charge in [0.2, 0.25) is 0 Å². The molecule has 0 radical (unpaired) electrons. The van der Waals surface area contributed by atoms with Gasteiger partial charge < -0.3 is 19.9 Å². The third-order valence-corrected chi connectivity index (χ3v) is 6.37.